The second-order valence-corrected chi connectivity index (χ2v) is 8.43. The minimum atomic E-state index is 0.0399. The molecule has 5 nitrogen and oxygen atoms in total. The van der Waals surface area contributed by atoms with Crippen LogP contribution in [-0.4, -0.2) is 52.4 Å². The molecule has 1 aliphatic rings. The average molecular weight is 404 g/mol. The molecule has 1 saturated heterocycles. The SMILES string of the molecule is CC(C)CC(=O)N1CCN(C(=O)c2cc3ccccc3n2Cc2ccccc2)CC1. The molecular weight excluding hydrogens is 374 g/mol. The summed E-state index contributed by atoms with van der Waals surface area (Å²) in [4.78, 5) is 29.6. The molecule has 0 N–H and O–H groups in total. The summed E-state index contributed by atoms with van der Waals surface area (Å²) >= 11 is 0. The highest BCUT2D eigenvalue weighted by atomic mass is 16.2. The number of fused-ring (bicyclic) bond motifs is 1. The minimum absolute atomic E-state index is 0.0399. The molecule has 2 aromatic carbocycles. The number of nitrogens with zero attached hydrogens (tertiary/aromatic N) is 3. The lowest BCUT2D eigenvalue weighted by Gasteiger charge is -2.35. The lowest BCUT2D eigenvalue weighted by atomic mass is 10.1. The van der Waals surface area contributed by atoms with E-state index in [4.69, 9.17) is 0 Å². The summed E-state index contributed by atoms with van der Waals surface area (Å²) in [6.07, 6.45) is 0.569. The van der Waals surface area contributed by atoms with Crippen molar-refractivity contribution < 1.29 is 9.59 Å². The highest BCUT2D eigenvalue weighted by Crippen LogP contribution is 2.23. The van der Waals surface area contributed by atoms with Gasteiger partial charge in [-0.1, -0.05) is 62.4 Å². The minimum Gasteiger partial charge on any atom is -0.339 e. The molecule has 1 aromatic heterocycles. The first-order valence-electron chi connectivity index (χ1n) is 10.7. The van der Waals surface area contributed by atoms with Crippen LogP contribution in [0.4, 0.5) is 0 Å². The third-order valence-corrected chi connectivity index (χ3v) is 5.72. The highest BCUT2D eigenvalue weighted by molar-refractivity contribution is 5.99. The van der Waals surface area contributed by atoms with Gasteiger partial charge in [-0.25, -0.2) is 0 Å². The van der Waals surface area contributed by atoms with E-state index in [9.17, 15) is 9.59 Å². The Kier molecular flexibility index (Phi) is 5.88. The predicted octanol–water partition coefficient (Wildman–Crippen LogP) is 4.02. The van der Waals surface area contributed by atoms with E-state index in [1.165, 1.54) is 0 Å². The zero-order chi connectivity index (χ0) is 21.1. The van der Waals surface area contributed by atoms with E-state index < -0.39 is 0 Å². The summed E-state index contributed by atoms with van der Waals surface area (Å²) in [5.74, 6) is 0.583. The number of rotatable bonds is 5. The molecule has 0 unspecified atom stereocenters. The molecule has 30 heavy (non-hydrogen) atoms. The molecule has 3 aromatic rings. The fourth-order valence-corrected chi connectivity index (χ4v) is 4.12. The molecule has 0 radical (unpaired) electrons. The van der Waals surface area contributed by atoms with Crippen LogP contribution in [0.5, 0.6) is 0 Å². The number of para-hydroxylation sites is 1. The second-order valence-electron chi connectivity index (χ2n) is 8.43. The lowest BCUT2D eigenvalue weighted by Crippen LogP contribution is -2.51. The number of carbonyl (C=O) groups excluding carboxylic acids is 2. The molecule has 2 heterocycles. The largest absolute Gasteiger partial charge is 0.339 e. The molecule has 4 rings (SSSR count). The van der Waals surface area contributed by atoms with E-state index in [2.05, 4.69) is 42.7 Å². The van der Waals surface area contributed by atoms with Gasteiger partial charge >= 0.3 is 0 Å². The summed E-state index contributed by atoms with van der Waals surface area (Å²) in [6, 6.07) is 20.4. The summed E-state index contributed by atoms with van der Waals surface area (Å²) in [5, 5.41) is 1.07. The van der Waals surface area contributed by atoms with Gasteiger partial charge in [0.2, 0.25) is 5.91 Å². The predicted molar refractivity (Wildman–Crippen MR) is 119 cm³/mol. The Bertz CT molecular complexity index is 1030. The number of hydrogen-bond acceptors (Lipinski definition) is 2. The van der Waals surface area contributed by atoms with E-state index >= 15 is 0 Å². The summed E-state index contributed by atoms with van der Waals surface area (Å²) in [6.45, 7) is 7.15. The Balaban J connectivity index is 1.55. The van der Waals surface area contributed by atoms with Crippen molar-refractivity contribution in [3.63, 3.8) is 0 Å². The first-order valence-corrected chi connectivity index (χ1v) is 10.7. The molecule has 1 fully saturated rings. The van der Waals surface area contributed by atoms with Crippen molar-refractivity contribution in [3.05, 3.63) is 71.9 Å². The monoisotopic (exact) mass is 403 g/mol. The van der Waals surface area contributed by atoms with E-state index in [-0.39, 0.29) is 11.8 Å². The van der Waals surface area contributed by atoms with Gasteiger partial charge in [-0.2, -0.15) is 0 Å². The van der Waals surface area contributed by atoms with E-state index in [0.717, 1.165) is 16.5 Å². The summed E-state index contributed by atoms with van der Waals surface area (Å²) in [7, 11) is 0. The molecule has 0 bridgehead atoms. The molecule has 0 aliphatic carbocycles. The molecule has 2 amide bonds. The van der Waals surface area contributed by atoms with Crippen LogP contribution in [-0.2, 0) is 11.3 Å². The Morgan fingerprint density at radius 3 is 2.20 bits per heavy atom. The van der Waals surface area contributed by atoms with Crippen molar-refractivity contribution in [1.29, 1.82) is 0 Å². The third-order valence-electron chi connectivity index (χ3n) is 5.72. The Morgan fingerprint density at radius 2 is 1.50 bits per heavy atom. The normalized spacial score (nSPS) is 14.5. The maximum Gasteiger partial charge on any atom is 0.270 e. The number of benzene rings is 2. The summed E-state index contributed by atoms with van der Waals surface area (Å²) in [5.41, 5.74) is 2.94. The van der Waals surface area contributed by atoms with Crippen LogP contribution in [0.1, 0.15) is 36.3 Å². The van der Waals surface area contributed by atoms with Gasteiger partial charge < -0.3 is 14.4 Å². The van der Waals surface area contributed by atoms with Gasteiger partial charge in [0.05, 0.1) is 0 Å². The summed E-state index contributed by atoms with van der Waals surface area (Å²) < 4.78 is 2.11. The van der Waals surface area contributed by atoms with Gasteiger partial charge in [-0.3, -0.25) is 9.59 Å². The van der Waals surface area contributed by atoms with E-state index in [1.807, 2.05) is 46.2 Å². The Hall–Kier alpha value is -3.08. The Labute approximate surface area is 177 Å². The van der Waals surface area contributed by atoms with Crippen molar-refractivity contribution in [2.45, 2.75) is 26.8 Å². The molecule has 156 valence electrons. The number of amides is 2. The fourth-order valence-electron chi connectivity index (χ4n) is 4.12. The van der Waals surface area contributed by atoms with Gasteiger partial charge in [0.15, 0.2) is 0 Å². The molecular formula is C25H29N3O2. The number of aromatic nitrogens is 1. The van der Waals surface area contributed by atoms with Gasteiger partial charge in [-0.15, -0.1) is 0 Å². The van der Waals surface area contributed by atoms with Crippen LogP contribution >= 0.6 is 0 Å². The van der Waals surface area contributed by atoms with E-state index in [0.29, 0.717) is 50.8 Å². The van der Waals surface area contributed by atoms with Gasteiger partial charge in [-0.05, 0) is 23.6 Å². The van der Waals surface area contributed by atoms with Crippen LogP contribution < -0.4 is 0 Å². The lowest BCUT2D eigenvalue weighted by molar-refractivity contribution is -0.133. The highest BCUT2D eigenvalue weighted by Gasteiger charge is 2.27. The average Bonchev–Trinajstić information content (AvgIpc) is 3.12. The van der Waals surface area contributed by atoms with Crippen molar-refractivity contribution in [2.24, 2.45) is 5.92 Å². The topological polar surface area (TPSA) is 45.6 Å². The quantitative estimate of drug-likeness (QED) is 0.646. The zero-order valence-electron chi connectivity index (χ0n) is 17.8. The molecule has 5 heteroatoms. The van der Waals surface area contributed by atoms with Crippen molar-refractivity contribution >= 4 is 22.7 Å². The molecule has 0 saturated carbocycles. The molecule has 1 aliphatic heterocycles. The first-order chi connectivity index (χ1) is 14.5. The maximum atomic E-state index is 13.4. The van der Waals surface area contributed by atoms with Crippen molar-refractivity contribution in [1.82, 2.24) is 14.4 Å². The molecule has 0 spiro atoms. The van der Waals surface area contributed by atoms with Crippen molar-refractivity contribution in [2.75, 3.05) is 26.2 Å². The fraction of sp³-hybridized carbons (Fsp3) is 0.360. The standard InChI is InChI=1S/C25H29N3O2/c1-19(2)16-24(29)26-12-14-27(15-13-26)25(30)23-17-21-10-6-7-11-22(21)28(23)18-20-8-4-3-5-9-20/h3-11,17,19H,12-16,18H2,1-2H3. The van der Waals surface area contributed by atoms with Crippen LogP contribution in [0, 0.1) is 5.92 Å². The third kappa shape index (κ3) is 4.25. The number of carbonyl (C=O) groups is 2. The smallest absolute Gasteiger partial charge is 0.270 e. The maximum absolute atomic E-state index is 13.4. The van der Waals surface area contributed by atoms with Gasteiger partial charge in [0.25, 0.3) is 5.91 Å². The number of hydrogen-bond donors (Lipinski definition) is 0. The van der Waals surface area contributed by atoms with Crippen LogP contribution in [0.2, 0.25) is 0 Å². The van der Waals surface area contributed by atoms with Gasteiger partial charge in [0, 0.05) is 50.0 Å². The number of piperazine rings is 1. The zero-order valence-corrected chi connectivity index (χ0v) is 17.8. The first kappa shape index (κ1) is 20.2. The Morgan fingerprint density at radius 1 is 0.867 bits per heavy atom. The van der Waals surface area contributed by atoms with Crippen LogP contribution in [0.3, 0.4) is 0 Å². The van der Waals surface area contributed by atoms with Crippen molar-refractivity contribution in [3.8, 4) is 0 Å². The van der Waals surface area contributed by atoms with Gasteiger partial charge in [0.1, 0.15) is 5.69 Å². The van der Waals surface area contributed by atoms with Crippen LogP contribution in [0.15, 0.2) is 60.7 Å². The van der Waals surface area contributed by atoms with E-state index in [1.54, 1.807) is 0 Å². The second kappa shape index (κ2) is 8.74. The van der Waals surface area contributed by atoms with Crippen LogP contribution in [0.25, 0.3) is 10.9 Å². The molecule has 0 atom stereocenters.